The SMILES string of the molecule is COC(=O)c1c(NC(=O)c2ccccc2Cl)sc(C(=O)Nc2ccc(Cl)cc2)c1C. The van der Waals surface area contributed by atoms with Crippen LogP contribution in [-0.2, 0) is 4.74 Å². The molecule has 0 unspecified atom stereocenters. The lowest BCUT2D eigenvalue weighted by Crippen LogP contribution is -2.14. The molecule has 6 nitrogen and oxygen atoms in total. The molecule has 0 aliphatic heterocycles. The van der Waals surface area contributed by atoms with Crippen molar-refractivity contribution in [3.63, 3.8) is 0 Å². The number of hydrogen-bond acceptors (Lipinski definition) is 5. The second kappa shape index (κ2) is 9.30. The Balaban J connectivity index is 1.94. The third-order valence-electron chi connectivity index (χ3n) is 4.19. The Hall–Kier alpha value is -2.87. The van der Waals surface area contributed by atoms with Gasteiger partial charge in [-0.15, -0.1) is 11.3 Å². The van der Waals surface area contributed by atoms with Gasteiger partial charge in [0, 0.05) is 10.7 Å². The molecule has 0 saturated heterocycles. The van der Waals surface area contributed by atoms with Crippen LogP contribution in [0, 0.1) is 6.92 Å². The molecule has 0 aliphatic carbocycles. The van der Waals surface area contributed by atoms with Crippen LogP contribution < -0.4 is 10.6 Å². The Bertz CT molecular complexity index is 1130. The van der Waals surface area contributed by atoms with E-state index in [4.69, 9.17) is 27.9 Å². The maximum atomic E-state index is 12.8. The van der Waals surface area contributed by atoms with Gasteiger partial charge in [-0.25, -0.2) is 4.79 Å². The summed E-state index contributed by atoms with van der Waals surface area (Å²) in [6.45, 7) is 1.62. The molecule has 0 saturated carbocycles. The second-order valence-corrected chi connectivity index (χ2v) is 8.01. The van der Waals surface area contributed by atoms with Crippen molar-refractivity contribution in [2.45, 2.75) is 6.92 Å². The highest BCUT2D eigenvalue weighted by Gasteiger charge is 2.27. The van der Waals surface area contributed by atoms with E-state index in [9.17, 15) is 14.4 Å². The molecule has 1 aromatic heterocycles. The van der Waals surface area contributed by atoms with Crippen LogP contribution in [0.3, 0.4) is 0 Å². The van der Waals surface area contributed by atoms with E-state index in [0.29, 0.717) is 16.3 Å². The highest BCUT2D eigenvalue weighted by molar-refractivity contribution is 7.19. The van der Waals surface area contributed by atoms with E-state index in [1.165, 1.54) is 7.11 Å². The summed E-state index contributed by atoms with van der Waals surface area (Å²) in [6, 6.07) is 13.1. The largest absolute Gasteiger partial charge is 0.465 e. The third kappa shape index (κ3) is 4.64. The summed E-state index contributed by atoms with van der Waals surface area (Å²) in [5.41, 5.74) is 1.30. The lowest BCUT2D eigenvalue weighted by molar-refractivity contribution is 0.0601. The van der Waals surface area contributed by atoms with E-state index in [-0.39, 0.29) is 26.0 Å². The van der Waals surface area contributed by atoms with Gasteiger partial charge in [0.05, 0.1) is 28.1 Å². The first-order chi connectivity index (χ1) is 14.3. The molecule has 2 amide bonds. The van der Waals surface area contributed by atoms with Crippen molar-refractivity contribution in [2.75, 3.05) is 17.7 Å². The van der Waals surface area contributed by atoms with Crippen molar-refractivity contribution in [3.05, 3.63) is 80.1 Å². The van der Waals surface area contributed by atoms with Crippen molar-refractivity contribution in [3.8, 4) is 0 Å². The lowest BCUT2D eigenvalue weighted by Gasteiger charge is -2.07. The number of carbonyl (C=O) groups excluding carboxylic acids is 3. The molecular formula is C21H16Cl2N2O4S. The van der Waals surface area contributed by atoms with Crippen molar-refractivity contribution in [1.29, 1.82) is 0 Å². The van der Waals surface area contributed by atoms with Gasteiger partial charge in [0.1, 0.15) is 5.00 Å². The first kappa shape index (κ1) is 21.8. The van der Waals surface area contributed by atoms with Crippen LogP contribution in [0.4, 0.5) is 10.7 Å². The molecule has 3 rings (SSSR count). The molecule has 2 aromatic carbocycles. The van der Waals surface area contributed by atoms with Crippen LogP contribution in [0.15, 0.2) is 48.5 Å². The fourth-order valence-electron chi connectivity index (χ4n) is 2.70. The van der Waals surface area contributed by atoms with Crippen LogP contribution >= 0.6 is 34.5 Å². The highest BCUT2D eigenvalue weighted by Crippen LogP contribution is 2.35. The maximum absolute atomic E-state index is 12.8. The van der Waals surface area contributed by atoms with E-state index < -0.39 is 17.8 Å². The molecule has 2 N–H and O–H groups in total. The van der Waals surface area contributed by atoms with Gasteiger partial charge in [0.15, 0.2) is 0 Å². The molecule has 0 atom stereocenters. The van der Waals surface area contributed by atoms with Crippen LogP contribution in [0.5, 0.6) is 0 Å². The maximum Gasteiger partial charge on any atom is 0.341 e. The van der Waals surface area contributed by atoms with Gasteiger partial charge in [-0.2, -0.15) is 0 Å². The molecule has 0 bridgehead atoms. The zero-order chi connectivity index (χ0) is 21.8. The Morgan fingerprint density at radius 2 is 1.60 bits per heavy atom. The summed E-state index contributed by atoms with van der Waals surface area (Å²) >= 11 is 12.9. The molecule has 154 valence electrons. The van der Waals surface area contributed by atoms with Gasteiger partial charge in [0.25, 0.3) is 11.8 Å². The van der Waals surface area contributed by atoms with Crippen LogP contribution in [0.25, 0.3) is 0 Å². The summed E-state index contributed by atoms with van der Waals surface area (Å²) in [6.07, 6.45) is 0. The molecular weight excluding hydrogens is 447 g/mol. The average Bonchev–Trinajstić information content (AvgIpc) is 3.05. The summed E-state index contributed by atoms with van der Waals surface area (Å²) in [5, 5.41) is 6.42. The number of halogens is 2. The number of rotatable bonds is 5. The number of benzene rings is 2. The first-order valence-electron chi connectivity index (χ1n) is 8.66. The minimum absolute atomic E-state index is 0.115. The van der Waals surface area contributed by atoms with Gasteiger partial charge in [-0.1, -0.05) is 35.3 Å². The summed E-state index contributed by atoms with van der Waals surface area (Å²) in [7, 11) is 1.23. The summed E-state index contributed by atoms with van der Waals surface area (Å²) < 4.78 is 4.84. The fourth-order valence-corrected chi connectivity index (χ4v) is 4.14. The number of anilines is 2. The molecule has 9 heteroatoms. The Morgan fingerprint density at radius 3 is 2.23 bits per heavy atom. The first-order valence-corrected chi connectivity index (χ1v) is 10.2. The molecule has 0 fully saturated rings. The number of esters is 1. The summed E-state index contributed by atoms with van der Waals surface area (Å²) in [4.78, 5) is 38.0. The number of carbonyl (C=O) groups is 3. The number of ether oxygens (including phenoxy) is 1. The van der Waals surface area contributed by atoms with Crippen LogP contribution in [0.2, 0.25) is 10.0 Å². The molecule has 0 spiro atoms. The number of thiophene rings is 1. The van der Waals surface area contributed by atoms with Gasteiger partial charge < -0.3 is 15.4 Å². The van der Waals surface area contributed by atoms with E-state index in [1.807, 2.05) is 0 Å². The van der Waals surface area contributed by atoms with E-state index in [0.717, 1.165) is 11.3 Å². The van der Waals surface area contributed by atoms with Crippen molar-refractivity contribution < 1.29 is 19.1 Å². The highest BCUT2D eigenvalue weighted by atomic mass is 35.5. The predicted octanol–water partition coefficient (Wildman–Crippen LogP) is 5.65. The predicted molar refractivity (Wildman–Crippen MR) is 119 cm³/mol. The monoisotopic (exact) mass is 462 g/mol. The minimum atomic E-state index is -0.663. The van der Waals surface area contributed by atoms with Gasteiger partial charge in [-0.3, -0.25) is 9.59 Å². The number of nitrogens with one attached hydrogen (secondary N) is 2. The van der Waals surface area contributed by atoms with E-state index in [1.54, 1.807) is 55.5 Å². The average molecular weight is 463 g/mol. The normalized spacial score (nSPS) is 10.4. The lowest BCUT2D eigenvalue weighted by atomic mass is 10.1. The molecule has 3 aromatic rings. The number of hydrogen-bond donors (Lipinski definition) is 2. The minimum Gasteiger partial charge on any atom is -0.465 e. The fraction of sp³-hybridized carbons (Fsp3) is 0.0952. The Kier molecular flexibility index (Phi) is 6.77. The topological polar surface area (TPSA) is 84.5 Å². The summed E-state index contributed by atoms with van der Waals surface area (Å²) in [5.74, 6) is -1.59. The van der Waals surface area contributed by atoms with Crippen LogP contribution in [-0.4, -0.2) is 24.9 Å². The molecule has 30 heavy (non-hydrogen) atoms. The zero-order valence-corrected chi connectivity index (χ0v) is 18.2. The zero-order valence-electron chi connectivity index (χ0n) is 15.9. The van der Waals surface area contributed by atoms with Gasteiger partial charge >= 0.3 is 5.97 Å². The molecule has 0 aliphatic rings. The van der Waals surface area contributed by atoms with E-state index in [2.05, 4.69) is 10.6 Å². The van der Waals surface area contributed by atoms with E-state index >= 15 is 0 Å². The van der Waals surface area contributed by atoms with Gasteiger partial charge in [-0.05, 0) is 48.9 Å². The standard InChI is InChI=1S/C21H16Cl2N2O4S/c1-11-16(21(28)29-2)20(25-18(26)14-5-3-4-6-15(14)23)30-17(11)19(27)24-13-9-7-12(22)8-10-13/h3-10H,1-2H3,(H,24,27)(H,25,26). The van der Waals surface area contributed by atoms with Crippen molar-refractivity contribution >= 4 is 63.0 Å². The molecule has 1 heterocycles. The van der Waals surface area contributed by atoms with Crippen molar-refractivity contribution in [2.24, 2.45) is 0 Å². The Morgan fingerprint density at radius 1 is 0.933 bits per heavy atom. The molecule has 0 radical (unpaired) electrons. The second-order valence-electron chi connectivity index (χ2n) is 6.15. The number of amides is 2. The third-order valence-corrected chi connectivity index (χ3v) is 5.98. The smallest absolute Gasteiger partial charge is 0.341 e. The Labute approximate surface area is 186 Å². The van der Waals surface area contributed by atoms with Gasteiger partial charge in [0.2, 0.25) is 0 Å². The van der Waals surface area contributed by atoms with Crippen molar-refractivity contribution in [1.82, 2.24) is 0 Å². The quantitative estimate of drug-likeness (QED) is 0.479. The van der Waals surface area contributed by atoms with Crippen LogP contribution in [0.1, 0.15) is 36.0 Å². The number of methoxy groups -OCH3 is 1.